The number of para-hydroxylation sites is 1. The van der Waals surface area contributed by atoms with Crippen molar-refractivity contribution in [3.63, 3.8) is 0 Å². The van der Waals surface area contributed by atoms with Crippen LogP contribution in [0.4, 0.5) is 11.6 Å². The van der Waals surface area contributed by atoms with Gasteiger partial charge in [-0.25, -0.2) is 9.97 Å². The summed E-state index contributed by atoms with van der Waals surface area (Å²) < 4.78 is 5.84. The summed E-state index contributed by atoms with van der Waals surface area (Å²) >= 11 is 0. The van der Waals surface area contributed by atoms with E-state index >= 15 is 0 Å². The number of rotatable bonds is 9. The second kappa shape index (κ2) is 11.3. The predicted octanol–water partition coefficient (Wildman–Crippen LogP) is 3.06. The first-order chi connectivity index (χ1) is 17.0. The zero-order chi connectivity index (χ0) is 24.6. The lowest BCUT2D eigenvalue weighted by atomic mass is 10.0. The van der Waals surface area contributed by atoms with Crippen LogP contribution < -0.4 is 21.1 Å². The molecule has 35 heavy (non-hydrogen) atoms. The number of nitrogens with one attached hydrogen (secondary N) is 3. The molecule has 1 saturated heterocycles. The molecule has 9 heteroatoms. The third-order valence-electron chi connectivity index (χ3n) is 5.67. The molecule has 5 N–H and O–H groups in total. The highest BCUT2D eigenvalue weighted by atomic mass is 16.5. The van der Waals surface area contributed by atoms with Gasteiger partial charge in [-0.2, -0.15) is 0 Å². The van der Waals surface area contributed by atoms with Gasteiger partial charge in [0.25, 0.3) is 0 Å². The van der Waals surface area contributed by atoms with Gasteiger partial charge in [-0.05, 0) is 49.9 Å². The molecule has 2 aromatic carbocycles. The number of anilines is 2. The van der Waals surface area contributed by atoms with E-state index in [-0.39, 0.29) is 23.5 Å². The maximum absolute atomic E-state index is 12.4. The average molecular weight is 472 g/mol. The monoisotopic (exact) mass is 471 g/mol. The number of nitrogen functional groups attached to an aromatic ring is 1. The van der Waals surface area contributed by atoms with Crippen molar-refractivity contribution in [1.82, 2.24) is 20.2 Å². The number of carbonyl (C=O) groups excluding carboxylic acids is 1. The molecule has 0 radical (unpaired) electrons. The van der Waals surface area contributed by atoms with E-state index in [0.717, 1.165) is 12.2 Å². The third-order valence-corrected chi connectivity index (χ3v) is 5.67. The van der Waals surface area contributed by atoms with Gasteiger partial charge in [0.05, 0.1) is 11.3 Å². The molecule has 1 atom stereocenters. The molecule has 0 aliphatic carbocycles. The lowest BCUT2D eigenvalue weighted by Crippen LogP contribution is -2.31. The summed E-state index contributed by atoms with van der Waals surface area (Å²) in [7, 11) is 1.83. The van der Waals surface area contributed by atoms with Gasteiger partial charge in [0.15, 0.2) is 0 Å². The molecular weight excluding hydrogens is 442 g/mol. The van der Waals surface area contributed by atoms with E-state index in [1.165, 1.54) is 6.33 Å². The molecule has 0 spiro atoms. The molecule has 1 fully saturated rings. The molecule has 1 aromatic heterocycles. The molecule has 3 aromatic rings. The topological polar surface area (TPSA) is 129 Å². The van der Waals surface area contributed by atoms with Gasteiger partial charge < -0.3 is 26.0 Å². The van der Waals surface area contributed by atoms with Crippen molar-refractivity contribution < 1.29 is 9.53 Å². The van der Waals surface area contributed by atoms with Crippen molar-refractivity contribution >= 4 is 23.3 Å². The minimum Gasteiger partial charge on any atom is -0.457 e. The molecular formula is C26H29N7O2. The van der Waals surface area contributed by atoms with Crippen molar-refractivity contribution in [2.24, 2.45) is 0 Å². The van der Waals surface area contributed by atoms with Crippen LogP contribution >= 0.6 is 0 Å². The molecule has 0 unspecified atom stereocenters. The van der Waals surface area contributed by atoms with Crippen molar-refractivity contribution in [3.05, 3.63) is 84.2 Å². The summed E-state index contributed by atoms with van der Waals surface area (Å²) in [5, 5.41) is 15.2. The van der Waals surface area contributed by atoms with E-state index in [2.05, 4.69) is 20.6 Å². The van der Waals surface area contributed by atoms with E-state index in [9.17, 15) is 4.79 Å². The smallest absolute Gasteiger partial charge is 0.246 e. The second-order valence-electron chi connectivity index (χ2n) is 8.17. The predicted molar refractivity (Wildman–Crippen MR) is 137 cm³/mol. The molecule has 0 bridgehead atoms. The van der Waals surface area contributed by atoms with Gasteiger partial charge in [-0.3, -0.25) is 10.2 Å². The third kappa shape index (κ3) is 6.01. The van der Waals surface area contributed by atoms with Crippen LogP contribution in [0.15, 0.2) is 73.1 Å². The van der Waals surface area contributed by atoms with Crippen molar-refractivity contribution in [2.75, 3.05) is 37.7 Å². The van der Waals surface area contributed by atoms with Gasteiger partial charge in [0, 0.05) is 37.3 Å². The minimum absolute atomic E-state index is 0.000788. The van der Waals surface area contributed by atoms with Gasteiger partial charge >= 0.3 is 0 Å². The zero-order valence-corrected chi connectivity index (χ0v) is 19.6. The number of nitrogens with zero attached hydrogens (tertiary/aromatic N) is 3. The molecule has 9 nitrogen and oxygen atoms in total. The first kappa shape index (κ1) is 23.9. The van der Waals surface area contributed by atoms with Crippen LogP contribution in [-0.2, 0) is 4.79 Å². The maximum Gasteiger partial charge on any atom is 0.246 e. The van der Waals surface area contributed by atoms with Gasteiger partial charge in [0.2, 0.25) is 5.91 Å². The Morgan fingerprint density at radius 1 is 1.17 bits per heavy atom. The first-order valence-corrected chi connectivity index (χ1v) is 11.4. The Kier molecular flexibility index (Phi) is 7.69. The Bertz CT molecular complexity index is 1200. The quantitative estimate of drug-likeness (QED) is 0.279. The number of likely N-dealkylation sites (tertiary alicyclic amines) is 1. The van der Waals surface area contributed by atoms with Crippen LogP contribution in [-0.4, -0.2) is 59.2 Å². The fourth-order valence-electron chi connectivity index (χ4n) is 3.87. The summed E-state index contributed by atoms with van der Waals surface area (Å²) in [4.78, 5) is 22.6. The number of nitrogens with two attached hydrogens (primary N) is 1. The van der Waals surface area contributed by atoms with E-state index < -0.39 is 0 Å². The fourth-order valence-corrected chi connectivity index (χ4v) is 3.87. The molecule has 4 rings (SSSR count). The van der Waals surface area contributed by atoms with Crippen molar-refractivity contribution in [2.45, 2.75) is 12.5 Å². The highest BCUT2D eigenvalue weighted by Crippen LogP contribution is 2.26. The number of benzene rings is 2. The van der Waals surface area contributed by atoms with Crippen LogP contribution in [0.3, 0.4) is 0 Å². The van der Waals surface area contributed by atoms with Gasteiger partial charge in [-0.1, -0.05) is 24.3 Å². The average Bonchev–Trinajstić information content (AvgIpc) is 3.34. The summed E-state index contributed by atoms with van der Waals surface area (Å²) in [6, 6.07) is 16.8. The standard InChI is InChI=1S/C26H29N7O2/c1-29-14-5-8-22(34)33-15-13-19(16-33)32-26-23(25(28)30-17-31-26)24(27)18-9-11-21(12-10-18)35-20-6-3-2-4-7-20/h2-12,17,19,27,29H,13-16H2,1H3,(H3,28,30,31,32)/b8-5+,27-24?/t19-/m1/s1. The van der Waals surface area contributed by atoms with E-state index in [1.54, 1.807) is 11.0 Å². The summed E-state index contributed by atoms with van der Waals surface area (Å²) in [6.07, 6.45) is 5.55. The van der Waals surface area contributed by atoms with Crippen LogP contribution in [0.5, 0.6) is 11.5 Å². The van der Waals surface area contributed by atoms with Crippen LogP contribution in [0, 0.1) is 5.41 Å². The largest absolute Gasteiger partial charge is 0.457 e. The number of amides is 1. The fraction of sp³-hybridized carbons (Fsp3) is 0.231. The number of carbonyl (C=O) groups is 1. The highest BCUT2D eigenvalue weighted by molar-refractivity contribution is 6.16. The molecule has 0 saturated carbocycles. The minimum atomic E-state index is -0.0162. The summed E-state index contributed by atoms with van der Waals surface area (Å²) in [5.74, 6) is 2.10. The highest BCUT2D eigenvalue weighted by Gasteiger charge is 2.27. The summed E-state index contributed by atoms with van der Waals surface area (Å²) in [6.45, 7) is 1.84. The zero-order valence-electron chi connectivity index (χ0n) is 19.6. The van der Waals surface area contributed by atoms with Crippen molar-refractivity contribution in [1.29, 1.82) is 5.41 Å². The number of aromatic nitrogens is 2. The van der Waals surface area contributed by atoms with Crippen LogP contribution in [0.25, 0.3) is 0 Å². The van der Waals surface area contributed by atoms with Gasteiger partial charge in [0.1, 0.15) is 29.5 Å². The van der Waals surface area contributed by atoms with E-state index in [4.69, 9.17) is 15.9 Å². The molecule has 1 amide bonds. The van der Waals surface area contributed by atoms with Crippen LogP contribution in [0.2, 0.25) is 0 Å². The summed E-state index contributed by atoms with van der Waals surface area (Å²) in [5.41, 5.74) is 7.47. The Morgan fingerprint density at radius 2 is 1.91 bits per heavy atom. The Labute approximate surface area is 204 Å². The first-order valence-electron chi connectivity index (χ1n) is 11.4. The number of hydrogen-bond donors (Lipinski definition) is 4. The molecule has 1 aliphatic rings. The molecule has 180 valence electrons. The SMILES string of the molecule is CNC/C=C/C(=O)N1CC[C@@H](Nc2ncnc(N)c2C(=N)c2ccc(Oc3ccccc3)cc2)C1. The number of likely N-dealkylation sites (N-methyl/N-ethyl adjacent to an activating group) is 1. The Balaban J connectivity index is 1.45. The Morgan fingerprint density at radius 3 is 2.66 bits per heavy atom. The van der Waals surface area contributed by atoms with Gasteiger partial charge in [-0.15, -0.1) is 0 Å². The number of hydrogen-bond acceptors (Lipinski definition) is 8. The van der Waals surface area contributed by atoms with Crippen LogP contribution in [0.1, 0.15) is 17.5 Å². The lowest BCUT2D eigenvalue weighted by Gasteiger charge is -2.18. The van der Waals surface area contributed by atoms with Crippen molar-refractivity contribution in [3.8, 4) is 11.5 Å². The molecule has 1 aliphatic heterocycles. The number of ether oxygens (including phenoxy) is 1. The Hall–Kier alpha value is -4.24. The lowest BCUT2D eigenvalue weighted by molar-refractivity contribution is -0.125. The maximum atomic E-state index is 12.4. The normalized spacial score (nSPS) is 15.3. The van der Waals surface area contributed by atoms with E-state index in [0.29, 0.717) is 42.3 Å². The second-order valence-corrected chi connectivity index (χ2v) is 8.17. The molecule has 2 heterocycles. The van der Waals surface area contributed by atoms with E-state index in [1.807, 2.05) is 67.7 Å².